The number of carbonyl (C=O) groups excluding carboxylic acids is 2. The molecule has 0 unspecified atom stereocenters. The van der Waals surface area contributed by atoms with E-state index in [-0.39, 0.29) is 6.04 Å². The Bertz CT molecular complexity index is 404. The first kappa shape index (κ1) is 15.2. The maximum atomic E-state index is 11.5. The van der Waals surface area contributed by atoms with Gasteiger partial charge < -0.3 is 10.6 Å². The molecule has 1 rings (SSSR count). The second-order valence-corrected chi connectivity index (χ2v) is 4.63. The van der Waals surface area contributed by atoms with Crippen LogP contribution >= 0.6 is 0 Å². The van der Waals surface area contributed by atoms with E-state index in [4.69, 9.17) is 0 Å². The molecule has 1 aromatic carbocycles. The van der Waals surface area contributed by atoms with Crippen molar-refractivity contribution in [2.75, 3.05) is 6.54 Å². The number of aryl methyl sites for hydroxylation is 1. The third kappa shape index (κ3) is 6.04. The van der Waals surface area contributed by atoms with E-state index in [1.807, 2.05) is 32.0 Å². The van der Waals surface area contributed by atoms with Crippen molar-refractivity contribution in [3.63, 3.8) is 0 Å². The van der Waals surface area contributed by atoms with Crippen molar-refractivity contribution >= 4 is 11.8 Å². The van der Waals surface area contributed by atoms with Gasteiger partial charge >= 0.3 is 11.8 Å². The van der Waals surface area contributed by atoms with E-state index in [2.05, 4.69) is 22.8 Å². The Labute approximate surface area is 114 Å². The van der Waals surface area contributed by atoms with Gasteiger partial charge in [-0.25, -0.2) is 0 Å². The number of hydrogen-bond donors (Lipinski definition) is 2. The van der Waals surface area contributed by atoms with Crippen LogP contribution in [0.3, 0.4) is 0 Å². The molecule has 0 aliphatic rings. The molecule has 0 aliphatic heterocycles. The number of amides is 2. The van der Waals surface area contributed by atoms with Crippen molar-refractivity contribution in [3.8, 4) is 0 Å². The van der Waals surface area contributed by atoms with E-state index in [0.717, 1.165) is 19.3 Å². The molecule has 4 heteroatoms. The molecule has 2 N–H and O–H groups in total. The highest BCUT2D eigenvalue weighted by Crippen LogP contribution is 2.01. The van der Waals surface area contributed by atoms with E-state index < -0.39 is 11.8 Å². The van der Waals surface area contributed by atoms with Crippen molar-refractivity contribution < 1.29 is 9.59 Å². The summed E-state index contributed by atoms with van der Waals surface area (Å²) in [5.74, 6) is -1.09. The van der Waals surface area contributed by atoms with Crippen molar-refractivity contribution in [2.45, 2.75) is 39.2 Å². The first-order valence-electron chi connectivity index (χ1n) is 6.76. The lowest BCUT2D eigenvalue weighted by Crippen LogP contribution is -2.43. The summed E-state index contributed by atoms with van der Waals surface area (Å²) in [4.78, 5) is 22.9. The standard InChI is InChI=1S/C15H22N2O2/c1-3-12(2)17-15(19)14(18)16-11-7-10-13-8-5-4-6-9-13/h4-6,8-9,12H,3,7,10-11H2,1-2H3,(H,16,18)(H,17,19)/t12-/m0/s1. The fourth-order valence-electron chi connectivity index (χ4n) is 1.61. The lowest BCUT2D eigenvalue weighted by Gasteiger charge is -2.11. The van der Waals surface area contributed by atoms with Crippen LogP contribution in [0.4, 0.5) is 0 Å². The summed E-state index contributed by atoms with van der Waals surface area (Å²) in [6, 6.07) is 10.1. The number of carbonyl (C=O) groups is 2. The smallest absolute Gasteiger partial charge is 0.309 e. The number of benzene rings is 1. The molecule has 4 nitrogen and oxygen atoms in total. The van der Waals surface area contributed by atoms with E-state index in [1.165, 1.54) is 5.56 Å². The first-order chi connectivity index (χ1) is 9.13. The zero-order valence-electron chi connectivity index (χ0n) is 11.6. The van der Waals surface area contributed by atoms with Gasteiger partial charge in [-0.2, -0.15) is 0 Å². The molecular weight excluding hydrogens is 240 g/mol. The van der Waals surface area contributed by atoms with Gasteiger partial charge in [0.05, 0.1) is 0 Å². The molecule has 0 saturated heterocycles. The van der Waals surface area contributed by atoms with E-state index >= 15 is 0 Å². The molecule has 0 radical (unpaired) electrons. The van der Waals surface area contributed by atoms with Crippen molar-refractivity contribution in [1.82, 2.24) is 10.6 Å². The van der Waals surface area contributed by atoms with Gasteiger partial charge in [-0.3, -0.25) is 9.59 Å². The second-order valence-electron chi connectivity index (χ2n) is 4.63. The molecule has 0 spiro atoms. The van der Waals surface area contributed by atoms with Gasteiger partial charge in [0.25, 0.3) is 0 Å². The molecule has 104 valence electrons. The van der Waals surface area contributed by atoms with E-state index in [9.17, 15) is 9.59 Å². The van der Waals surface area contributed by atoms with Crippen molar-refractivity contribution in [1.29, 1.82) is 0 Å². The summed E-state index contributed by atoms with van der Waals surface area (Å²) in [7, 11) is 0. The first-order valence-corrected chi connectivity index (χ1v) is 6.76. The molecule has 1 atom stereocenters. The van der Waals surface area contributed by atoms with Crippen molar-refractivity contribution in [2.24, 2.45) is 0 Å². The third-order valence-corrected chi connectivity index (χ3v) is 2.97. The Hall–Kier alpha value is -1.84. The Kier molecular flexibility index (Phi) is 6.64. The summed E-state index contributed by atoms with van der Waals surface area (Å²) < 4.78 is 0. The highest BCUT2D eigenvalue weighted by Gasteiger charge is 2.14. The minimum atomic E-state index is -0.548. The summed E-state index contributed by atoms with van der Waals surface area (Å²) in [5, 5.41) is 5.27. The molecule has 19 heavy (non-hydrogen) atoms. The number of hydrogen-bond acceptors (Lipinski definition) is 2. The monoisotopic (exact) mass is 262 g/mol. The molecule has 0 aromatic heterocycles. The van der Waals surface area contributed by atoms with Crippen LogP contribution in [0.1, 0.15) is 32.3 Å². The Morgan fingerprint density at radius 3 is 2.47 bits per heavy atom. The molecule has 0 fully saturated rings. The quantitative estimate of drug-likeness (QED) is 0.605. The highest BCUT2D eigenvalue weighted by atomic mass is 16.2. The third-order valence-electron chi connectivity index (χ3n) is 2.97. The molecule has 2 amide bonds. The summed E-state index contributed by atoms with van der Waals surface area (Å²) in [5.41, 5.74) is 1.24. The van der Waals surface area contributed by atoms with Gasteiger partial charge in [-0.1, -0.05) is 37.3 Å². The zero-order valence-corrected chi connectivity index (χ0v) is 11.6. The average Bonchev–Trinajstić information content (AvgIpc) is 2.44. The minimum Gasteiger partial charge on any atom is -0.348 e. The van der Waals surface area contributed by atoms with E-state index in [0.29, 0.717) is 6.54 Å². The van der Waals surface area contributed by atoms with Crippen LogP contribution in [0.25, 0.3) is 0 Å². The van der Waals surface area contributed by atoms with Crippen LogP contribution in [0.2, 0.25) is 0 Å². The fourth-order valence-corrected chi connectivity index (χ4v) is 1.61. The van der Waals surface area contributed by atoms with Crippen LogP contribution in [0.15, 0.2) is 30.3 Å². The molecule has 0 aliphatic carbocycles. The van der Waals surface area contributed by atoms with Crippen LogP contribution in [-0.4, -0.2) is 24.4 Å². The van der Waals surface area contributed by atoms with Gasteiger partial charge in [0.2, 0.25) is 0 Å². The number of nitrogens with one attached hydrogen (secondary N) is 2. The van der Waals surface area contributed by atoms with Gasteiger partial charge in [-0.15, -0.1) is 0 Å². The second kappa shape index (κ2) is 8.29. The van der Waals surface area contributed by atoms with Crippen LogP contribution in [-0.2, 0) is 16.0 Å². The van der Waals surface area contributed by atoms with Gasteiger partial charge in [0.1, 0.15) is 0 Å². The Morgan fingerprint density at radius 1 is 1.16 bits per heavy atom. The lowest BCUT2D eigenvalue weighted by atomic mass is 10.1. The minimum absolute atomic E-state index is 0.0302. The van der Waals surface area contributed by atoms with E-state index in [1.54, 1.807) is 0 Å². The van der Waals surface area contributed by atoms with Gasteiger partial charge in [-0.05, 0) is 31.7 Å². The molecule has 0 heterocycles. The predicted octanol–water partition coefficient (Wildman–Crippen LogP) is 1.65. The average molecular weight is 262 g/mol. The summed E-state index contributed by atoms with van der Waals surface area (Å²) in [6.07, 6.45) is 2.54. The maximum absolute atomic E-state index is 11.5. The SMILES string of the molecule is CC[C@H](C)NC(=O)C(=O)NCCCc1ccccc1. The van der Waals surface area contributed by atoms with Gasteiger partial charge in [0.15, 0.2) is 0 Å². The van der Waals surface area contributed by atoms with Crippen LogP contribution in [0.5, 0.6) is 0 Å². The van der Waals surface area contributed by atoms with Crippen molar-refractivity contribution in [3.05, 3.63) is 35.9 Å². The Morgan fingerprint density at radius 2 is 1.84 bits per heavy atom. The molecule has 0 bridgehead atoms. The van der Waals surface area contributed by atoms with Crippen LogP contribution < -0.4 is 10.6 Å². The van der Waals surface area contributed by atoms with Gasteiger partial charge in [0, 0.05) is 12.6 Å². The molecular formula is C15H22N2O2. The Balaban J connectivity index is 2.18. The predicted molar refractivity (Wildman–Crippen MR) is 75.7 cm³/mol. The topological polar surface area (TPSA) is 58.2 Å². The normalized spacial score (nSPS) is 11.7. The molecule has 0 saturated carbocycles. The molecule has 1 aromatic rings. The largest absolute Gasteiger partial charge is 0.348 e. The summed E-state index contributed by atoms with van der Waals surface area (Å²) >= 11 is 0. The highest BCUT2D eigenvalue weighted by molar-refractivity contribution is 6.35. The van der Waals surface area contributed by atoms with Crippen LogP contribution in [0, 0.1) is 0 Å². The fraction of sp³-hybridized carbons (Fsp3) is 0.467. The lowest BCUT2D eigenvalue weighted by molar-refractivity contribution is -0.139. The zero-order chi connectivity index (χ0) is 14.1. The maximum Gasteiger partial charge on any atom is 0.309 e. The summed E-state index contributed by atoms with van der Waals surface area (Å²) in [6.45, 7) is 4.35. The number of rotatable bonds is 6.